The number of aromatic amines is 2. The third-order valence-corrected chi connectivity index (χ3v) is 6.04. The molecule has 1 amide bonds. The minimum atomic E-state index is -0.339. The van der Waals surface area contributed by atoms with Gasteiger partial charge < -0.3 is 9.84 Å². The molecule has 4 heterocycles. The van der Waals surface area contributed by atoms with E-state index in [4.69, 9.17) is 4.52 Å². The number of nitrogens with one attached hydrogen (secondary N) is 3. The van der Waals surface area contributed by atoms with Crippen LogP contribution >= 0.6 is 11.3 Å². The molecule has 0 radical (unpaired) electrons. The van der Waals surface area contributed by atoms with Gasteiger partial charge in [0.1, 0.15) is 11.6 Å². The van der Waals surface area contributed by atoms with Crippen LogP contribution in [-0.4, -0.2) is 44.2 Å². The van der Waals surface area contributed by atoms with Gasteiger partial charge in [-0.25, -0.2) is 9.89 Å². The highest BCUT2D eigenvalue weighted by Crippen LogP contribution is 2.30. The summed E-state index contributed by atoms with van der Waals surface area (Å²) in [4.78, 5) is 29.8. The van der Waals surface area contributed by atoms with Crippen molar-refractivity contribution in [3.05, 3.63) is 54.7 Å². The molecule has 28 heavy (non-hydrogen) atoms. The second-order valence-electron chi connectivity index (χ2n) is 6.94. The summed E-state index contributed by atoms with van der Waals surface area (Å²) in [7, 11) is 0. The molecule has 10 heteroatoms. The summed E-state index contributed by atoms with van der Waals surface area (Å²) in [6.07, 6.45) is 1.32. The first-order valence-corrected chi connectivity index (χ1v) is 10.0. The summed E-state index contributed by atoms with van der Waals surface area (Å²) in [6.45, 7) is 6.85. The summed E-state index contributed by atoms with van der Waals surface area (Å²) >= 11 is 1.63. The van der Waals surface area contributed by atoms with Gasteiger partial charge in [-0.15, -0.1) is 11.3 Å². The van der Waals surface area contributed by atoms with Crippen LogP contribution in [0.4, 0.5) is 0 Å². The third-order valence-electron chi connectivity index (χ3n) is 5.03. The number of amides is 1. The highest BCUT2D eigenvalue weighted by atomic mass is 32.1. The van der Waals surface area contributed by atoms with E-state index in [1.807, 2.05) is 19.2 Å². The van der Waals surface area contributed by atoms with E-state index in [0.717, 1.165) is 54.2 Å². The van der Waals surface area contributed by atoms with Crippen molar-refractivity contribution >= 4 is 17.2 Å². The SMILES string of the molecule is Cc1noc(C)c1CN1CCc2c(C(=O)NCCc3n[nH]c(=O)[nH]3)csc2C1. The lowest BCUT2D eigenvalue weighted by Crippen LogP contribution is -2.31. The molecule has 0 spiro atoms. The Labute approximate surface area is 165 Å². The van der Waals surface area contributed by atoms with Crippen LogP contribution in [0.25, 0.3) is 0 Å². The second-order valence-corrected chi connectivity index (χ2v) is 7.91. The Morgan fingerprint density at radius 2 is 2.29 bits per heavy atom. The maximum absolute atomic E-state index is 12.6. The lowest BCUT2D eigenvalue weighted by molar-refractivity contribution is 0.0952. The lowest BCUT2D eigenvalue weighted by atomic mass is 10.0. The van der Waals surface area contributed by atoms with E-state index in [2.05, 4.69) is 30.6 Å². The smallest absolute Gasteiger partial charge is 0.340 e. The molecule has 0 atom stereocenters. The number of carbonyl (C=O) groups excluding carboxylic acids is 1. The minimum absolute atomic E-state index is 0.0745. The maximum Gasteiger partial charge on any atom is 0.340 e. The normalized spacial score (nSPS) is 14.2. The van der Waals surface area contributed by atoms with Crippen molar-refractivity contribution in [2.75, 3.05) is 13.1 Å². The Morgan fingerprint density at radius 3 is 3.00 bits per heavy atom. The molecule has 0 aromatic carbocycles. The molecule has 4 rings (SSSR count). The summed E-state index contributed by atoms with van der Waals surface area (Å²) in [5.74, 6) is 1.33. The quantitative estimate of drug-likeness (QED) is 0.572. The van der Waals surface area contributed by atoms with Gasteiger partial charge in [-0.2, -0.15) is 5.10 Å². The Kier molecular flexibility index (Phi) is 5.14. The minimum Gasteiger partial charge on any atom is -0.361 e. The Bertz CT molecular complexity index is 1030. The lowest BCUT2D eigenvalue weighted by Gasteiger charge is -2.27. The Hall–Kier alpha value is -2.72. The van der Waals surface area contributed by atoms with Gasteiger partial charge in [0.05, 0.1) is 11.3 Å². The average Bonchev–Trinajstić information content (AvgIpc) is 3.36. The molecule has 0 aliphatic carbocycles. The van der Waals surface area contributed by atoms with E-state index in [1.165, 1.54) is 4.88 Å². The molecule has 148 valence electrons. The van der Waals surface area contributed by atoms with Gasteiger partial charge in [-0.1, -0.05) is 5.16 Å². The number of rotatable bonds is 6. The third kappa shape index (κ3) is 3.78. The largest absolute Gasteiger partial charge is 0.361 e. The molecule has 0 fully saturated rings. The molecule has 0 bridgehead atoms. The van der Waals surface area contributed by atoms with Gasteiger partial charge in [0.15, 0.2) is 0 Å². The molecular weight excluding hydrogens is 380 g/mol. The van der Waals surface area contributed by atoms with Gasteiger partial charge >= 0.3 is 5.69 Å². The number of carbonyl (C=O) groups is 1. The van der Waals surface area contributed by atoms with Crippen molar-refractivity contribution in [3.63, 3.8) is 0 Å². The van der Waals surface area contributed by atoms with E-state index in [1.54, 1.807) is 11.3 Å². The topological polar surface area (TPSA) is 120 Å². The molecule has 9 nitrogen and oxygen atoms in total. The summed E-state index contributed by atoms with van der Waals surface area (Å²) < 4.78 is 5.26. The first-order valence-electron chi connectivity index (χ1n) is 9.16. The predicted octanol–water partition coefficient (Wildman–Crippen LogP) is 1.30. The molecule has 0 unspecified atom stereocenters. The number of nitrogens with zero attached hydrogens (tertiary/aromatic N) is 3. The number of fused-ring (bicyclic) bond motifs is 1. The number of aromatic nitrogens is 4. The van der Waals surface area contributed by atoms with Crippen LogP contribution in [-0.2, 0) is 25.9 Å². The van der Waals surface area contributed by atoms with Gasteiger partial charge in [0.25, 0.3) is 5.91 Å². The molecule has 0 saturated carbocycles. The van der Waals surface area contributed by atoms with Crippen molar-refractivity contribution in [3.8, 4) is 0 Å². The second kappa shape index (κ2) is 7.72. The first-order chi connectivity index (χ1) is 13.5. The van der Waals surface area contributed by atoms with Gasteiger partial charge in [0.2, 0.25) is 0 Å². The number of aryl methyl sites for hydroxylation is 2. The Balaban J connectivity index is 1.36. The van der Waals surface area contributed by atoms with E-state index < -0.39 is 0 Å². The van der Waals surface area contributed by atoms with Crippen LogP contribution < -0.4 is 11.0 Å². The van der Waals surface area contributed by atoms with E-state index >= 15 is 0 Å². The van der Waals surface area contributed by atoms with Gasteiger partial charge in [-0.3, -0.25) is 14.7 Å². The van der Waals surface area contributed by atoms with Crippen molar-refractivity contribution in [2.45, 2.75) is 39.8 Å². The number of thiophene rings is 1. The van der Waals surface area contributed by atoms with Crippen LogP contribution in [0.1, 0.15) is 43.6 Å². The zero-order chi connectivity index (χ0) is 19.7. The van der Waals surface area contributed by atoms with Crippen LogP contribution in [0.5, 0.6) is 0 Å². The van der Waals surface area contributed by atoms with E-state index in [9.17, 15) is 9.59 Å². The standard InChI is InChI=1S/C18H22N6O3S/c1-10-13(11(2)27-23-10)7-24-6-4-12-14(9-28-15(12)8-24)17(25)19-5-3-16-20-18(26)22-21-16/h9H,3-8H2,1-2H3,(H,19,25)(H2,20,21,22,26). The van der Waals surface area contributed by atoms with Crippen LogP contribution in [0.2, 0.25) is 0 Å². The van der Waals surface area contributed by atoms with Gasteiger partial charge in [0, 0.05) is 48.4 Å². The fourth-order valence-corrected chi connectivity index (χ4v) is 4.59. The van der Waals surface area contributed by atoms with Crippen LogP contribution in [0, 0.1) is 13.8 Å². The van der Waals surface area contributed by atoms with E-state index in [0.29, 0.717) is 18.8 Å². The van der Waals surface area contributed by atoms with Crippen LogP contribution in [0.3, 0.4) is 0 Å². The van der Waals surface area contributed by atoms with Crippen molar-refractivity contribution in [1.29, 1.82) is 0 Å². The van der Waals surface area contributed by atoms with Crippen molar-refractivity contribution in [2.24, 2.45) is 0 Å². The first kappa shape index (κ1) is 18.6. The zero-order valence-corrected chi connectivity index (χ0v) is 16.6. The molecule has 0 saturated heterocycles. The molecule has 1 aliphatic heterocycles. The summed E-state index contributed by atoms with van der Waals surface area (Å²) in [5.41, 5.74) is 3.65. The number of hydrogen-bond donors (Lipinski definition) is 3. The molecule has 3 N–H and O–H groups in total. The Morgan fingerprint density at radius 1 is 1.43 bits per heavy atom. The zero-order valence-electron chi connectivity index (χ0n) is 15.8. The fraction of sp³-hybridized carbons (Fsp3) is 0.444. The van der Waals surface area contributed by atoms with Crippen molar-refractivity contribution < 1.29 is 9.32 Å². The highest BCUT2D eigenvalue weighted by Gasteiger charge is 2.25. The maximum atomic E-state index is 12.6. The van der Waals surface area contributed by atoms with Gasteiger partial charge in [-0.05, 0) is 25.8 Å². The number of H-pyrrole nitrogens is 2. The highest BCUT2D eigenvalue weighted by molar-refractivity contribution is 7.10. The molecule has 1 aliphatic rings. The molecule has 3 aromatic heterocycles. The predicted molar refractivity (Wildman–Crippen MR) is 103 cm³/mol. The van der Waals surface area contributed by atoms with E-state index in [-0.39, 0.29) is 11.6 Å². The molecular formula is C18H22N6O3S. The van der Waals surface area contributed by atoms with Crippen molar-refractivity contribution in [1.82, 2.24) is 30.6 Å². The average molecular weight is 402 g/mol. The monoisotopic (exact) mass is 402 g/mol. The summed E-state index contributed by atoms with van der Waals surface area (Å²) in [5, 5.41) is 15.0. The molecule has 3 aromatic rings. The fourth-order valence-electron chi connectivity index (χ4n) is 3.47. The summed E-state index contributed by atoms with van der Waals surface area (Å²) in [6, 6.07) is 0. The number of hydrogen-bond acceptors (Lipinski definition) is 7. The van der Waals surface area contributed by atoms with Crippen LogP contribution in [0.15, 0.2) is 14.7 Å².